The molecule has 0 unspecified atom stereocenters. The predicted molar refractivity (Wildman–Crippen MR) is 93.8 cm³/mol. The Labute approximate surface area is 136 Å². The molecule has 0 fully saturated rings. The number of nitrogens with one attached hydrogen (secondary N) is 1. The summed E-state index contributed by atoms with van der Waals surface area (Å²) in [6, 6.07) is 16.1. The zero-order chi connectivity index (χ0) is 16.9. The van der Waals surface area contributed by atoms with Crippen LogP contribution in [0.1, 0.15) is 5.56 Å². The van der Waals surface area contributed by atoms with Crippen molar-refractivity contribution >= 4 is 33.4 Å². The van der Waals surface area contributed by atoms with Crippen LogP contribution in [0, 0.1) is 0 Å². The highest BCUT2D eigenvalue weighted by molar-refractivity contribution is 7.92. The van der Waals surface area contributed by atoms with Gasteiger partial charge in [0.2, 0.25) is 10.0 Å². The molecule has 0 saturated heterocycles. The van der Waals surface area contributed by atoms with Gasteiger partial charge in [0.05, 0.1) is 6.26 Å². The highest BCUT2D eigenvalue weighted by atomic mass is 32.2. The monoisotopic (exact) mass is 330 g/mol. The van der Waals surface area contributed by atoms with Crippen molar-refractivity contribution in [3.63, 3.8) is 0 Å². The molecule has 5 nitrogen and oxygen atoms in total. The molecule has 0 aromatic heterocycles. The van der Waals surface area contributed by atoms with Gasteiger partial charge in [-0.15, -0.1) is 0 Å². The molecule has 0 heterocycles. The van der Waals surface area contributed by atoms with Crippen LogP contribution in [0.4, 0.5) is 11.4 Å². The van der Waals surface area contributed by atoms with Crippen molar-refractivity contribution in [2.24, 2.45) is 0 Å². The first-order valence-electron chi connectivity index (χ1n) is 6.94. The number of amides is 1. The third-order valence-corrected chi connectivity index (χ3v) is 3.71. The summed E-state index contributed by atoms with van der Waals surface area (Å²) in [4.78, 5) is 13.7. The fourth-order valence-corrected chi connectivity index (χ4v) is 2.50. The summed E-state index contributed by atoms with van der Waals surface area (Å²) < 4.78 is 24.7. The van der Waals surface area contributed by atoms with Gasteiger partial charge in [0.15, 0.2) is 0 Å². The lowest BCUT2D eigenvalue weighted by Gasteiger charge is -2.14. The first-order chi connectivity index (χ1) is 10.8. The zero-order valence-corrected chi connectivity index (χ0v) is 13.7. The molecule has 0 atom stereocenters. The number of anilines is 2. The fourth-order valence-electron chi connectivity index (χ4n) is 1.93. The number of nitrogens with zero attached hydrogens (tertiary/aromatic N) is 1. The van der Waals surface area contributed by atoms with E-state index in [1.165, 1.54) is 6.08 Å². The Kier molecular flexibility index (Phi) is 5.18. The Balaban J connectivity index is 2.04. The summed E-state index contributed by atoms with van der Waals surface area (Å²) >= 11 is 0. The van der Waals surface area contributed by atoms with Gasteiger partial charge in [-0.25, -0.2) is 8.42 Å². The average molecular weight is 330 g/mol. The molecule has 0 spiro atoms. The van der Waals surface area contributed by atoms with E-state index in [0.29, 0.717) is 5.69 Å². The molecule has 1 amide bonds. The largest absolute Gasteiger partial charge is 0.312 e. The van der Waals surface area contributed by atoms with Crippen LogP contribution in [-0.2, 0) is 14.8 Å². The molecule has 0 aliphatic carbocycles. The maximum absolute atomic E-state index is 12.1. The first-order valence-corrected chi connectivity index (χ1v) is 8.83. The van der Waals surface area contributed by atoms with E-state index in [1.807, 2.05) is 30.3 Å². The van der Waals surface area contributed by atoms with E-state index in [9.17, 15) is 13.2 Å². The summed E-state index contributed by atoms with van der Waals surface area (Å²) in [5.74, 6) is -0.144. The summed E-state index contributed by atoms with van der Waals surface area (Å²) in [6.45, 7) is 0. The van der Waals surface area contributed by atoms with E-state index in [2.05, 4.69) is 4.72 Å². The minimum absolute atomic E-state index is 0.144. The van der Waals surface area contributed by atoms with E-state index < -0.39 is 10.0 Å². The maximum Gasteiger partial charge on any atom is 0.250 e. The topological polar surface area (TPSA) is 66.5 Å². The minimum atomic E-state index is -3.29. The number of sulfonamides is 1. The molecule has 0 radical (unpaired) electrons. The normalized spacial score (nSPS) is 11.4. The molecule has 0 bridgehead atoms. The van der Waals surface area contributed by atoms with Crippen LogP contribution in [0.2, 0.25) is 0 Å². The number of rotatable bonds is 5. The maximum atomic E-state index is 12.1. The highest BCUT2D eigenvalue weighted by Crippen LogP contribution is 2.14. The second-order valence-electron chi connectivity index (χ2n) is 5.06. The molecule has 120 valence electrons. The number of benzene rings is 2. The molecular formula is C17H18N2O3S. The molecule has 0 aliphatic rings. The van der Waals surface area contributed by atoms with Crippen molar-refractivity contribution in [2.75, 3.05) is 22.9 Å². The summed E-state index contributed by atoms with van der Waals surface area (Å²) in [7, 11) is -1.58. The van der Waals surface area contributed by atoms with Crippen LogP contribution < -0.4 is 9.62 Å². The van der Waals surface area contributed by atoms with Gasteiger partial charge in [-0.3, -0.25) is 9.52 Å². The second-order valence-corrected chi connectivity index (χ2v) is 6.81. The molecule has 2 aromatic carbocycles. The van der Waals surface area contributed by atoms with Crippen LogP contribution in [0.3, 0.4) is 0 Å². The molecule has 2 aromatic rings. The van der Waals surface area contributed by atoms with Crippen molar-refractivity contribution < 1.29 is 13.2 Å². The number of hydrogen-bond acceptors (Lipinski definition) is 3. The van der Waals surface area contributed by atoms with Crippen LogP contribution in [0.5, 0.6) is 0 Å². The molecular weight excluding hydrogens is 312 g/mol. The Hall–Kier alpha value is -2.60. The average Bonchev–Trinajstić information content (AvgIpc) is 2.52. The fraction of sp³-hybridized carbons (Fsp3) is 0.118. The number of carbonyl (C=O) groups excluding carboxylic acids is 1. The Morgan fingerprint density at radius 3 is 2.22 bits per heavy atom. The van der Waals surface area contributed by atoms with Gasteiger partial charge in [0, 0.05) is 24.5 Å². The van der Waals surface area contributed by atoms with Crippen molar-refractivity contribution in [2.45, 2.75) is 0 Å². The zero-order valence-electron chi connectivity index (χ0n) is 12.9. The Bertz CT molecular complexity index is 797. The van der Waals surface area contributed by atoms with E-state index in [0.717, 1.165) is 17.5 Å². The molecule has 0 saturated carbocycles. The van der Waals surface area contributed by atoms with Gasteiger partial charge in [0.25, 0.3) is 5.91 Å². The van der Waals surface area contributed by atoms with Gasteiger partial charge in [-0.2, -0.15) is 0 Å². The van der Waals surface area contributed by atoms with Gasteiger partial charge in [-0.1, -0.05) is 30.3 Å². The smallest absolute Gasteiger partial charge is 0.250 e. The number of carbonyl (C=O) groups is 1. The molecule has 23 heavy (non-hydrogen) atoms. The quantitative estimate of drug-likeness (QED) is 0.857. The van der Waals surface area contributed by atoms with Crippen LogP contribution in [-0.4, -0.2) is 27.6 Å². The third-order valence-electron chi connectivity index (χ3n) is 3.11. The van der Waals surface area contributed by atoms with Crippen molar-refractivity contribution in [1.82, 2.24) is 0 Å². The summed E-state index contributed by atoms with van der Waals surface area (Å²) in [5, 5.41) is 0. The highest BCUT2D eigenvalue weighted by Gasteiger charge is 2.06. The van der Waals surface area contributed by atoms with Gasteiger partial charge >= 0.3 is 0 Å². The first kappa shape index (κ1) is 16.8. The van der Waals surface area contributed by atoms with E-state index in [-0.39, 0.29) is 5.91 Å². The summed E-state index contributed by atoms with van der Waals surface area (Å²) in [6.07, 6.45) is 4.26. The molecule has 6 heteroatoms. The van der Waals surface area contributed by atoms with Gasteiger partial charge in [0.1, 0.15) is 0 Å². The number of likely N-dealkylation sites (N-methyl/N-ethyl adjacent to an activating group) is 1. The summed E-state index contributed by atoms with van der Waals surface area (Å²) in [5.41, 5.74) is 2.10. The predicted octanol–water partition coefficient (Wildman–Crippen LogP) is 2.73. The number of hydrogen-bond donors (Lipinski definition) is 1. The van der Waals surface area contributed by atoms with E-state index >= 15 is 0 Å². The van der Waals surface area contributed by atoms with Gasteiger partial charge < -0.3 is 4.90 Å². The second kappa shape index (κ2) is 7.11. The lowest BCUT2D eigenvalue weighted by Crippen LogP contribution is -2.23. The minimum Gasteiger partial charge on any atom is -0.312 e. The third kappa shape index (κ3) is 5.27. The SMILES string of the molecule is CN(C(=O)/C=C/c1ccc(NS(C)(=O)=O)cc1)c1ccccc1. The molecule has 2 rings (SSSR count). The van der Waals surface area contributed by atoms with Gasteiger partial charge in [-0.05, 0) is 35.9 Å². The lowest BCUT2D eigenvalue weighted by atomic mass is 10.2. The molecule has 1 N–H and O–H groups in total. The van der Waals surface area contributed by atoms with Crippen molar-refractivity contribution in [1.29, 1.82) is 0 Å². The van der Waals surface area contributed by atoms with Crippen LogP contribution in [0.15, 0.2) is 60.7 Å². The van der Waals surface area contributed by atoms with Crippen LogP contribution >= 0.6 is 0 Å². The Morgan fingerprint density at radius 1 is 1.04 bits per heavy atom. The van der Waals surface area contributed by atoms with Crippen molar-refractivity contribution in [3.8, 4) is 0 Å². The standard InChI is InChI=1S/C17H18N2O3S/c1-19(16-6-4-3-5-7-16)17(20)13-10-14-8-11-15(12-9-14)18-23(2,21)22/h3-13,18H,1-2H3/b13-10+. The Morgan fingerprint density at radius 2 is 1.65 bits per heavy atom. The van der Waals surface area contributed by atoms with E-state index in [4.69, 9.17) is 0 Å². The lowest BCUT2D eigenvalue weighted by molar-refractivity contribution is -0.113. The van der Waals surface area contributed by atoms with Crippen LogP contribution in [0.25, 0.3) is 6.08 Å². The van der Waals surface area contributed by atoms with E-state index in [1.54, 1.807) is 42.3 Å². The molecule has 0 aliphatic heterocycles. The number of para-hydroxylation sites is 1. The van der Waals surface area contributed by atoms with Crippen molar-refractivity contribution in [3.05, 3.63) is 66.2 Å².